The molecule has 0 atom stereocenters. The number of nitrogens with one attached hydrogen (secondary N) is 1. The van der Waals surface area contributed by atoms with Crippen molar-refractivity contribution in [3.8, 4) is 0 Å². The Balaban J connectivity index is 1.95. The van der Waals surface area contributed by atoms with Crippen LogP contribution in [0.25, 0.3) is 0 Å². The third kappa shape index (κ3) is 3.98. The fraction of sp³-hybridized carbons (Fsp3) is 0.429. The molecule has 0 unspecified atom stereocenters. The van der Waals surface area contributed by atoms with Crippen LogP contribution >= 0.6 is 12.2 Å². The van der Waals surface area contributed by atoms with Crippen molar-refractivity contribution >= 4 is 29.0 Å². The molecule has 0 radical (unpaired) electrons. The number of carbonyl (C=O) groups is 2. The molecule has 1 aliphatic rings. The average molecular weight is 306 g/mol. The Hall–Kier alpha value is -2.02. The highest BCUT2D eigenvalue weighted by Gasteiger charge is 2.24. The number of hydrogen-bond donors (Lipinski definition) is 2. The van der Waals surface area contributed by atoms with Crippen molar-refractivity contribution in [3.63, 3.8) is 0 Å². The first-order chi connectivity index (χ1) is 9.97. The van der Waals surface area contributed by atoms with Crippen molar-refractivity contribution < 1.29 is 9.59 Å². The molecule has 3 N–H and O–H groups in total. The van der Waals surface area contributed by atoms with Crippen LogP contribution in [0.3, 0.4) is 0 Å². The molecule has 0 saturated carbocycles. The zero-order valence-corrected chi connectivity index (χ0v) is 12.7. The monoisotopic (exact) mass is 306 g/mol. The van der Waals surface area contributed by atoms with Crippen LogP contribution in [0.5, 0.6) is 0 Å². The van der Waals surface area contributed by atoms with Gasteiger partial charge in [-0.05, 0) is 25.0 Å². The van der Waals surface area contributed by atoms with Crippen molar-refractivity contribution in [1.29, 1.82) is 0 Å². The summed E-state index contributed by atoms with van der Waals surface area (Å²) in [5.41, 5.74) is 6.53. The van der Waals surface area contributed by atoms with E-state index >= 15 is 0 Å². The number of nitrogens with zero attached hydrogens (tertiary/aromatic N) is 2. The Bertz CT molecular complexity index is 551. The van der Waals surface area contributed by atoms with Crippen LogP contribution < -0.4 is 11.1 Å². The number of amides is 2. The molecule has 7 heteroatoms. The van der Waals surface area contributed by atoms with Crippen molar-refractivity contribution in [3.05, 3.63) is 29.6 Å². The summed E-state index contributed by atoms with van der Waals surface area (Å²) in [6.07, 6.45) is 3.03. The van der Waals surface area contributed by atoms with Gasteiger partial charge in [-0.1, -0.05) is 12.2 Å². The molecular formula is C14H18N4O2S. The summed E-state index contributed by atoms with van der Waals surface area (Å²) in [5.74, 6) is -0.138. The number of nitrogens with two attached hydrogens (primary N) is 1. The summed E-state index contributed by atoms with van der Waals surface area (Å²) in [6, 6.07) is 3.49. The summed E-state index contributed by atoms with van der Waals surface area (Å²) in [4.78, 5) is 29.5. The molecular weight excluding hydrogens is 288 g/mol. The summed E-state index contributed by atoms with van der Waals surface area (Å²) < 4.78 is 0. The normalized spacial score (nSPS) is 15.6. The first-order valence-electron chi connectivity index (χ1n) is 6.79. The summed E-state index contributed by atoms with van der Waals surface area (Å²) in [5, 5.41) is 2.88. The fourth-order valence-corrected chi connectivity index (χ4v) is 2.46. The minimum Gasteiger partial charge on any atom is -0.389 e. The van der Waals surface area contributed by atoms with Crippen LogP contribution in [0.15, 0.2) is 18.3 Å². The lowest BCUT2D eigenvalue weighted by atomic mass is 10.0. The first kappa shape index (κ1) is 15.4. The van der Waals surface area contributed by atoms with Gasteiger partial charge < -0.3 is 16.0 Å². The van der Waals surface area contributed by atoms with E-state index in [4.69, 9.17) is 18.0 Å². The van der Waals surface area contributed by atoms with Gasteiger partial charge >= 0.3 is 0 Å². The SMILES string of the molecule is CC(=O)NC1CCN(C(=O)c2ccc(C(N)=S)cn2)CC1. The lowest BCUT2D eigenvalue weighted by molar-refractivity contribution is -0.119. The first-order valence-corrected chi connectivity index (χ1v) is 7.20. The van der Waals surface area contributed by atoms with Crippen LogP contribution in [-0.4, -0.2) is 45.8 Å². The van der Waals surface area contributed by atoms with E-state index in [0.717, 1.165) is 12.8 Å². The quantitative estimate of drug-likeness (QED) is 0.792. The Morgan fingerprint density at radius 1 is 1.38 bits per heavy atom. The van der Waals surface area contributed by atoms with Gasteiger partial charge in [-0.25, -0.2) is 0 Å². The average Bonchev–Trinajstić information content (AvgIpc) is 2.47. The molecule has 1 aliphatic heterocycles. The smallest absolute Gasteiger partial charge is 0.272 e. The minimum atomic E-state index is -0.106. The van der Waals surface area contributed by atoms with Gasteiger partial charge in [0.15, 0.2) is 0 Å². The number of pyridine rings is 1. The molecule has 1 aromatic heterocycles. The maximum atomic E-state index is 12.3. The molecule has 1 aromatic rings. The third-order valence-corrected chi connectivity index (χ3v) is 3.69. The maximum absolute atomic E-state index is 12.3. The molecule has 1 saturated heterocycles. The molecule has 1 fully saturated rings. The number of rotatable bonds is 3. The van der Waals surface area contributed by atoms with E-state index in [2.05, 4.69) is 10.3 Å². The zero-order chi connectivity index (χ0) is 15.4. The molecule has 0 bridgehead atoms. The highest BCUT2D eigenvalue weighted by atomic mass is 32.1. The topological polar surface area (TPSA) is 88.3 Å². The highest BCUT2D eigenvalue weighted by Crippen LogP contribution is 2.13. The molecule has 2 amide bonds. The molecule has 0 aliphatic carbocycles. The third-order valence-electron chi connectivity index (χ3n) is 3.46. The molecule has 21 heavy (non-hydrogen) atoms. The van der Waals surface area contributed by atoms with E-state index in [1.54, 1.807) is 17.0 Å². The van der Waals surface area contributed by atoms with Gasteiger partial charge in [0.2, 0.25) is 5.91 Å². The molecule has 2 heterocycles. The van der Waals surface area contributed by atoms with E-state index < -0.39 is 0 Å². The second-order valence-electron chi connectivity index (χ2n) is 5.06. The Morgan fingerprint density at radius 3 is 2.52 bits per heavy atom. The van der Waals surface area contributed by atoms with Gasteiger partial charge in [0.05, 0.1) is 0 Å². The van der Waals surface area contributed by atoms with Gasteiger partial charge in [0, 0.05) is 37.8 Å². The second-order valence-corrected chi connectivity index (χ2v) is 5.50. The lowest BCUT2D eigenvalue weighted by Crippen LogP contribution is -2.46. The predicted molar refractivity (Wildman–Crippen MR) is 82.9 cm³/mol. The summed E-state index contributed by atoms with van der Waals surface area (Å²) >= 11 is 4.85. The number of thiocarbonyl (C=S) groups is 1. The van der Waals surface area contributed by atoms with Crippen LogP contribution in [0, 0.1) is 0 Å². The maximum Gasteiger partial charge on any atom is 0.272 e. The number of likely N-dealkylation sites (tertiary alicyclic amines) is 1. The number of piperidine rings is 1. The van der Waals surface area contributed by atoms with Gasteiger partial charge in [-0.3, -0.25) is 14.6 Å². The lowest BCUT2D eigenvalue weighted by Gasteiger charge is -2.32. The van der Waals surface area contributed by atoms with E-state index in [0.29, 0.717) is 24.3 Å². The molecule has 0 spiro atoms. The van der Waals surface area contributed by atoms with E-state index in [-0.39, 0.29) is 22.8 Å². The number of hydrogen-bond acceptors (Lipinski definition) is 4. The summed E-state index contributed by atoms with van der Waals surface area (Å²) in [6.45, 7) is 2.73. The van der Waals surface area contributed by atoms with Crippen LogP contribution in [-0.2, 0) is 4.79 Å². The van der Waals surface area contributed by atoms with Crippen molar-refractivity contribution in [2.75, 3.05) is 13.1 Å². The summed E-state index contributed by atoms with van der Waals surface area (Å²) in [7, 11) is 0. The van der Waals surface area contributed by atoms with Crippen molar-refractivity contribution in [2.45, 2.75) is 25.8 Å². The molecule has 112 valence electrons. The predicted octanol–water partition coefficient (Wildman–Crippen LogP) is 0.457. The Labute approximate surface area is 128 Å². The van der Waals surface area contributed by atoms with Gasteiger partial charge in [-0.2, -0.15) is 0 Å². The number of carbonyl (C=O) groups excluding carboxylic acids is 2. The largest absolute Gasteiger partial charge is 0.389 e. The molecule has 0 aromatic carbocycles. The standard InChI is InChI=1S/C14H18N4O2S/c1-9(19)17-11-4-6-18(7-5-11)14(20)12-3-2-10(8-16-12)13(15)21/h2-3,8,11H,4-7H2,1H3,(H2,15,21)(H,17,19). The van der Waals surface area contributed by atoms with Gasteiger partial charge in [-0.15, -0.1) is 0 Å². The van der Waals surface area contributed by atoms with Crippen molar-refractivity contribution in [1.82, 2.24) is 15.2 Å². The van der Waals surface area contributed by atoms with E-state index in [1.165, 1.54) is 13.1 Å². The van der Waals surface area contributed by atoms with Gasteiger partial charge in [0.1, 0.15) is 10.7 Å². The van der Waals surface area contributed by atoms with Gasteiger partial charge in [0.25, 0.3) is 5.91 Å². The van der Waals surface area contributed by atoms with Crippen LogP contribution in [0.1, 0.15) is 35.8 Å². The van der Waals surface area contributed by atoms with Crippen LogP contribution in [0.4, 0.5) is 0 Å². The van der Waals surface area contributed by atoms with E-state index in [1.807, 2.05) is 0 Å². The second kappa shape index (κ2) is 6.62. The van der Waals surface area contributed by atoms with Crippen molar-refractivity contribution in [2.24, 2.45) is 5.73 Å². The number of aromatic nitrogens is 1. The van der Waals surface area contributed by atoms with E-state index in [9.17, 15) is 9.59 Å². The Kier molecular flexibility index (Phi) is 4.85. The Morgan fingerprint density at radius 2 is 2.05 bits per heavy atom. The zero-order valence-electron chi connectivity index (χ0n) is 11.8. The molecule has 2 rings (SSSR count). The highest BCUT2D eigenvalue weighted by molar-refractivity contribution is 7.80. The minimum absolute atomic E-state index is 0.0326. The fourth-order valence-electron chi connectivity index (χ4n) is 2.34. The van der Waals surface area contributed by atoms with Crippen LogP contribution in [0.2, 0.25) is 0 Å². The molecule has 6 nitrogen and oxygen atoms in total.